The van der Waals surface area contributed by atoms with E-state index in [1.165, 1.54) is 0 Å². The molecule has 1 rings (SSSR count). The molecule has 0 atom stereocenters. The molecule has 0 amide bonds. The van der Waals surface area contributed by atoms with E-state index >= 15 is 0 Å². The van der Waals surface area contributed by atoms with Gasteiger partial charge in [-0.15, -0.1) is 0 Å². The molecule has 14 heavy (non-hydrogen) atoms. The molecule has 0 aromatic heterocycles. The Morgan fingerprint density at radius 3 is 2.64 bits per heavy atom. The van der Waals surface area contributed by atoms with E-state index in [1.54, 1.807) is 0 Å². The van der Waals surface area contributed by atoms with Gasteiger partial charge in [0.05, 0.1) is 23.4 Å². The average Bonchev–Trinajstić information content (AvgIpc) is 2.20. The summed E-state index contributed by atoms with van der Waals surface area (Å²) in [7, 11) is 0. The molecule has 0 spiro atoms. The molecule has 78 valence electrons. The Kier molecular flexibility index (Phi) is 5.89. The second-order valence-electron chi connectivity index (χ2n) is 2.61. The van der Waals surface area contributed by atoms with Crippen molar-refractivity contribution in [1.82, 2.24) is 0 Å². The molecule has 4 heteroatoms. The molecule has 0 aliphatic rings. The van der Waals surface area contributed by atoms with Gasteiger partial charge in [0.25, 0.3) is 0 Å². The van der Waals surface area contributed by atoms with Crippen molar-refractivity contribution in [2.24, 2.45) is 0 Å². The standard InChI is InChI=1S/C10H13IO3/c11-9-3-1-2-4-10(9)14-8-7-13-6-5-12/h1-4,12H,5-8H2. The van der Waals surface area contributed by atoms with E-state index in [4.69, 9.17) is 14.6 Å². The monoisotopic (exact) mass is 308 g/mol. The van der Waals surface area contributed by atoms with Gasteiger partial charge in [-0.25, -0.2) is 0 Å². The number of para-hydroxylation sites is 1. The zero-order valence-electron chi connectivity index (χ0n) is 7.78. The third-order valence-corrected chi connectivity index (χ3v) is 2.45. The van der Waals surface area contributed by atoms with Crippen molar-refractivity contribution in [2.45, 2.75) is 0 Å². The Balaban J connectivity index is 2.21. The number of rotatable bonds is 6. The molecule has 1 aromatic carbocycles. The Labute approximate surface area is 97.2 Å². The lowest BCUT2D eigenvalue weighted by atomic mass is 10.3. The Morgan fingerprint density at radius 2 is 1.93 bits per heavy atom. The number of aliphatic hydroxyl groups excluding tert-OH is 1. The summed E-state index contributed by atoms with van der Waals surface area (Å²) in [6.07, 6.45) is 0. The van der Waals surface area contributed by atoms with Gasteiger partial charge in [-0.1, -0.05) is 12.1 Å². The second kappa shape index (κ2) is 7.03. The lowest BCUT2D eigenvalue weighted by Crippen LogP contribution is -2.09. The largest absolute Gasteiger partial charge is 0.490 e. The highest BCUT2D eigenvalue weighted by molar-refractivity contribution is 14.1. The van der Waals surface area contributed by atoms with Crippen LogP contribution < -0.4 is 4.74 Å². The maximum Gasteiger partial charge on any atom is 0.132 e. The van der Waals surface area contributed by atoms with Crippen LogP contribution in [0.4, 0.5) is 0 Å². The minimum Gasteiger partial charge on any atom is -0.490 e. The van der Waals surface area contributed by atoms with Gasteiger partial charge in [0, 0.05) is 0 Å². The van der Waals surface area contributed by atoms with Gasteiger partial charge in [0.15, 0.2) is 0 Å². The Bertz CT molecular complexity index is 265. The lowest BCUT2D eigenvalue weighted by molar-refractivity contribution is 0.0703. The van der Waals surface area contributed by atoms with Crippen LogP contribution in [0.25, 0.3) is 0 Å². The fourth-order valence-electron chi connectivity index (χ4n) is 0.939. The highest BCUT2D eigenvalue weighted by Gasteiger charge is 1.97. The zero-order valence-corrected chi connectivity index (χ0v) is 9.94. The van der Waals surface area contributed by atoms with Crippen LogP contribution in [0.15, 0.2) is 24.3 Å². The van der Waals surface area contributed by atoms with Gasteiger partial charge in [-0.3, -0.25) is 0 Å². The summed E-state index contributed by atoms with van der Waals surface area (Å²) in [5.41, 5.74) is 0. The normalized spacial score (nSPS) is 10.1. The number of hydrogen-bond acceptors (Lipinski definition) is 3. The van der Waals surface area contributed by atoms with Gasteiger partial charge in [0.1, 0.15) is 12.4 Å². The first-order chi connectivity index (χ1) is 6.84. The topological polar surface area (TPSA) is 38.7 Å². The summed E-state index contributed by atoms with van der Waals surface area (Å²) in [5, 5.41) is 8.46. The van der Waals surface area contributed by atoms with Crippen LogP contribution in [0.1, 0.15) is 0 Å². The number of aliphatic hydroxyl groups is 1. The van der Waals surface area contributed by atoms with E-state index in [9.17, 15) is 0 Å². The lowest BCUT2D eigenvalue weighted by Gasteiger charge is -2.07. The van der Waals surface area contributed by atoms with Crippen molar-refractivity contribution in [3.05, 3.63) is 27.8 Å². The van der Waals surface area contributed by atoms with Crippen LogP contribution in [0, 0.1) is 3.57 Å². The fraction of sp³-hybridized carbons (Fsp3) is 0.400. The molecule has 0 radical (unpaired) electrons. The number of hydrogen-bond donors (Lipinski definition) is 1. The molecule has 1 aromatic rings. The van der Waals surface area contributed by atoms with Crippen LogP contribution in [0.2, 0.25) is 0 Å². The third kappa shape index (κ3) is 4.26. The quantitative estimate of drug-likeness (QED) is 0.642. The molecule has 3 nitrogen and oxygen atoms in total. The molecule has 1 N–H and O–H groups in total. The van der Waals surface area contributed by atoms with Crippen LogP contribution in [0.5, 0.6) is 5.75 Å². The summed E-state index contributed by atoms with van der Waals surface area (Å²) >= 11 is 2.22. The first-order valence-electron chi connectivity index (χ1n) is 4.40. The van der Waals surface area contributed by atoms with Gasteiger partial charge >= 0.3 is 0 Å². The molecule has 0 saturated heterocycles. The molecular formula is C10H13IO3. The number of benzene rings is 1. The first kappa shape index (κ1) is 11.7. The summed E-state index contributed by atoms with van der Waals surface area (Å²) in [6, 6.07) is 7.82. The van der Waals surface area contributed by atoms with Gasteiger partial charge < -0.3 is 14.6 Å². The van der Waals surface area contributed by atoms with Crippen molar-refractivity contribution < 1.29 is 14.6 Å². The molecular weight excluding hydrogens is 295 g/mol. The average molecular weight is 308 g/mol. The summed E-state index contributed by atoms with van der Waals surface area (Å²) in [6.45, 7) is 1.45. The Morgan fingerprint density at radius 1 is 1.14 bits per heavy atom. The minimum atomic E-state index is 0.0584. The van der Waals surface area contributed by atoms with Crippen LogP contribution in [0.3, 0.4) is 0 Å². The molecule has 0 bridgehead atoms. The van der Waals surface area contributed by atoms with E-state index in [1.807, 2.05) is 24.3 Å². The van der Waals surface area contributed by atoms with Gasteiger partial charge in [0.2, 0.25) is 0 Å². The van der Waals surface area contributed by atoms with Crippen LogP contribution in [-0.2, 0) is 4.74 Å². The second-order valence-corrected chi connectivity index (χ2v) is 3.78. The molecule has 0 aliphatic heterocycles. The number of halogens is 1. The highest BCUT2D eigenvalue weighted by atomic mass is 127. The maximum atomic E-state index is 8.46. The van der Waals surface area contributed by atoms with Crippen LogP contribution in [-0.4, -0.2) is 31.5 Å². The molecule has 0 heterocycles. The summed E-state index contributed by atoms with van der Waals surface area (Å²) < 4.78 is 11.6. The first-order valence-corrected chi connectivity index (χ1v) is 5.48. The van der Waals surface area contributed by atoms with E-state index in [0.29, 0.717) is 19.8 Å². The van der Waals surface area contributed by atoms with Crippen molar-refractivity contribution in [2.75, 3.05) is 26.4 Å². The zero-order chi connectivity index (χ0) is 10.2. The fourth-order valence-corrected chi connectivity index (χ4v) is 1.48. The SMILES string of the molecule is OCCOCCOc1ccccc1I. The smallest absolute Gasteiger partial charge is 0.132 e. The summed E-state index contributed by atoms with van der Waals surface area (Å²) in [4.78, 5) is 0. The van der Waals surface area contributed by atoms with Gasteiger partial charge in [-0.2, -0.15) is 0 Å². The minimum absolute atomic E-state index is 0.0584. The summed E-state index contributed by atoms with van der Waals surface area (Å²) in [5.74, 6) is 0.876. The van der Waals surface area contributed by atoms with Crippen LogP contribution >= 0.6 is 22.6 Å². The van der Waals surface area contributed by atoms with Crippen molar-refractivity contribution in [3.8, 4) is 5.75 Å². The highest BCUT2D eigenvalue weighted by Crippen LogP contribution is 2.19. The third-order valence-electron chi connectivity index (χ3n) is 1.56. The van der Waals surface area contributed by atoms with Crippen molar-refractivity contribution >= 4 is 22.6 Å². The molecule has 0 fully saturated rings. The molecule has 0 saturated carbocycles. The van der Waals surface area contributed by atoms with Crippen molar-refractivity contribution in [1.29, 1.82) is 0 Å². The van der Waals surface area contributed by atoms with E-state index in [-0.39, 0.29) is 6.61 Å². The van der Waals surface area contributed by atoms with E-state index in [2.05, 4.69) is 22.6 Å². The van der Waals surface area contributed by atoms with E-state index < -0.39 is 0 Å². The van der Waals surface area contributed by atoms with E-state index in [0.717, 1.165) is 9.32 Å². The molecule has 0 unspecified atom stereocenters. The number of ether oxygens (including phenoxy) is 2. The molecule has 0 aliphatic carbocycles. The predicted octanol–water partition coefficient (Wildman–Crippen LogP) is 1.68. The predicted molar refractivity (Wildman–Crippen MR) is 62.6 cm³/mol. The Hall–Kier alpha value is -0.330. The maximum absolute atomic E-state index is 8.46. The van der Waals surface area contributed by atoms with Crippen molar-refractivity contribution in [3.63, 3.8) is 0 Å². The van der Waals surface area contributed by atoms with Gasteiger partial charge in [-0.05, 0) is 34.7 Å².